The molecule has 3 rings (SSSR count). The second kappa shape index (κ2) is 4.88. The Bertz CT molecular complexity index is 448. The van der Waals surface area contributed by atoms with Gasteiger partial charge < -0.3 is 10.0 Å². The van der Waals surface area contributed by atoms with Crippen molar-refractivity contribution < 1.29 is 9.50 Å². The van der Waals surface area contributed by atoms with E-state index in [0.717, 1.165) is 18.4 Å². The van der Waals surface area contributed by atoms with Crippen LogP contribution in [0.4, 0.5) is 4.39 Å². The lowest BCUT2D eigenvalue weighted by Crippen LogP contribution is -2.57. The lowest BCUT2D eigenvalue weighted by molar-refractivity contribution is -0.0820. The third-order valence-electron chi connectivity index (χ3n) is 4.88. The molecule has 2 atom stereocenters. The van der Waals surface area contributed by atoms with E-state index in [0.29, 0.717) is 18.5 Å². The summed E-state index contributed by atoms with van der Waals surface area (Å²) in [6, 6.07) is 7.62. The molecule has 19 heavy (non-hydrogen) atoms. The lowest BCUT2D eigenvalue weighted by atomic mass is 9.73. The largest absolute Gasteiger partial charge is 0.389 e. The molecule has 1 aromatic carbocycles. The number of benzene rings is 1. The van der Waals surface area contributed by atoms with Gasteiger partial charge in [-0.3, -0.25) is 0 Å². The second-order valence-corrected chi connectivity index (χ2v) is 6.34. The molecule has 0 amide bonds. The van der Waals surface area contributed by atoms with Crippen molar-refractivity contribution in [2.24, 2.45) is 0 Å². The van der Waals surface area contributed by atoms with Gasteiger partial charge in [-0.2, -0.15) is 0 Å². The normalized spacial score (nSPS) is 35.3. The molecule has 0 aromatic heterocycles. The zero-order valence-electron chi connectivity index (χ0n) is 11.5. The van der Waals surface area contributed by atoms with Crippen LogP contribution in [0.15, 0.2) is 24.3 Å². The number of nitrogens with zero attached hydrogens (tertiary/aromatic N) is 1. The fourth-order valence-electron chi connectivity index (χ4n) is 3.92. The average Bonchev–Trinajstić information content (AvgIpc) is 2.31. The summed E-state index contributed by atoms with van der Waals surface area (Å²) in [5.41, 5.74) is 0.251. The Kier molecular flexibility index (Phi) is 3.35. The molecular weight excluding hydrogens is 241 g/mol. The smallest absolute Gasteiger partial charge is 0.123 e. The van der Waals surface area contributed by atoms with Gasteiger partial charge >= 0.3 is 0 Å². The first-order valence-electron chi connectivity index (χ1n) is 7.24. The van der Waals surface area contributed by atoms with Crippen molar-refractivity contribution in [1.82, 2.24) is 4.90 Å². The summed E-state index contributed by atoms with van der Waals surface area (Å²) >= 11 is 0. The maximum absolute atomic E-state index is 13.2. The van der Waals surface area contributed by atoms with Crippen LogP contribution in [-0.2, 0) is 6.42 Å². The highest BCUT2D eigenvalue weighted by Crippen LogP contribution is 2.39. The average molecular weight is 263 g/mol. The van der Waals surface area contributed by atoms with Gasteiger partial charge in [-0.15, -0.1) is 0 Å². The van der Waals surface area contributed by atoms with Crippen molar-refractivity contribution >= 4 is 0 Å². The van der Waals surface area contributed by atoms with E-state index >= 15 is 0 Å². The summed E-state index contributed by atoms with van der Waals surface area (Å²) in [5.74, 6) is -0.214. The van der Waals surface area contributed by atoms with E-state index < -0.39 is 5.60 Å². The van der Waals surface area contributed by atoms with Crippen LogP contribution in [0.5, 0.6) is 0 Å². The SMILES string of the molecule is CN1C2CCCC1CC(O)(Cc1cccc(F)c1)C2. The lowest BCUT2D eigenvalue weighted by Gasteiger charge is -2.50. The maximum atomic E-state index is 13.2. The first-order valence-corrected chi connectivity index (χ1v) is 7.24. The van der Waals surface area contributed by atoms with Crippen molar-refractivity contribution in [3.8, 4) is 0 Å². The molecule has 2 aliphatic rings. The van der Waals surface area contributed by atoms with E-state index in [4.69, 9.17) is 0 Å². The van der Waals surface area contributed by atoms with Gasteiger partial charge in [-0.1, -0.05) is 18.6 Å². The van der Waals surface area contributed by atoms with Crippen molar-refractivity contribution in [1.29, 1.82) is 0 Å². The van der Waals surface area contributed by atoms with Crippen LogP contribution in [0, 0.1) is 5.82 Å². The zero-order chi connectivity index (χ0) is 13.5. The van der Waals surface area contributed by atoms with E-state index in [1.54, 1.807) is 12.1 Å². The third kappa shape index (κ3) is 2.67. The standard InChI is InChI=1S/C16H22FNO/c1-18-14-6-3-7-15(18)11-16(19,10-14)9-12-4-2-5-13(17)8-12/h2,4-5,8,14-15,19H,3,6-7,9-11H2,1H3. The van der Waals surface area contributed by atoms with Crippen molar-refractivity contribution in [3.05, 3.63) is 35.6 Å². The fraction of sp³-hybridized carbons (Fsp3) is 0.625. The minimum atomic E-state index is -0.657. The van der Waals surface area contributed by atoms with Gasteiger partial charge in [0, 0.05) is 18.5 Å². The van der Waals surface area contributed by atoms with Crippen LogP contribution < -0.4 is 0 Å². The number of hydrogen-bond acceptors (Lipinski definition) is 2. The fourth-order valence-corrected chi connectivity index (χ4v) is 3.92. The first-order chi connectivity index (χ1) is 9.06. The van der Waals surface area contributed by atoms with Gasteiger partial charge in [-0.25, -0.2) is 4.39 Å². The Hall–Kier alpha value is -0.930. The Morgan fingerprint density at radius 3 is 2.63 bits per heavy atom. The van der Waals surface area contributed by atoms with Crippen LogP contribution >= 0.6 is 0 Å². The molecule has 2 saturated heterocycles. The molecule has 2 heterocycles. The third-order valence-corrected chi connectivity index (χ3v) is 4.88. The maximum Gasteiger partial charge on any atom is 0.123 e. The molecule has 2 nitrogen and oxygen atoms in total. The van der Waals surface area contributed by atoms with Crippen molar-refractivity contribution in [3.63, 3.8) is 0 Å². The molecule has 1 aromatic rings. The van der Waals surface area contributed by atoms with Crippen LogP contribution in [0.25, 0.3) is 0 Å². The quantitative estimate of drug-likeness (QED) is 0.887. The van der Waals surface area contributed by atoms with Crippen LogP contribution in [0.1, 0.15) is 37.7 Å². The molecule has 0 spiro atoms. The van der Waals surface area contributed by atoms with Crippen LogP contribution in [0.2, 0.25) is 0 Å². The van der Waals surface area contributed by atoms with Gasteiger partial charge in [0.15, 0.2) is 0 Å². The summed E-state index contributed by atoms with van der Waals surface area (Å²) in [7, 11) is 2.18. The number of piperidine rings is 2. The highest BCUT2D eigenvalue weighted by molar-refractivity contribution is 5.19. The van der Waals surface area contributed by atoms with Gasteiger partial charge in [-0.05, 0) is 50.4 Å². The molecule has 0 radical (unpaired) electrons. The number of fused-ring (bicyclic) bond motifs is 2. The van der Waals surface area contributed by atoms with Crippen LogP contribution in [0.3, 0.4) is 0 Å². The van der Waals surface area contributed by atoms with E-state index in [9.17, 15) is 9.50 Å². The molecule has 2 bridgehead atoms. The molecule has 104 valence electrons. The summed E-state index contributed by atoms with van der Waals surface area (Å²) in [4.78, 5) is 2.43. The number of hydrogen-bond donors (Lipinski definition) is 1. The Labute approximate surface area is 114 Å². The molecule has 3 heteroatoms. The van der Waals surface area contributed by atoms with Gasteiger partial charge in [0.05, 0.1) is 5.60 Å². The van der Waals surface area contributed by atoms with Crippen molar-refractivity contribution in [2.45, 2.75) is 56.2 Å². The predicted octanol–water partition coefficient (Wildman–Crippen LogP) is 2.75. The van der Waals surface area contributed by atoms with E-state index in [1.807, 2.05) is 6.07 Å². The number of rotatable bonds is 2. The summed E-state index contributed by atoms with van der Waals surface area (Å²) in [6.07, 6.45) is 5.84. The molecule has 2 fully saturated rings. The molecule has 1 N–H and O–H groups in total. The highest BCUT2D eigenvalue weighted by atomic mass is 19.1. The predicted molar refractivity (Wildman–Crippen MR) is 73.5 cm³/mol. The topological polar surface area (TPSA) is 23.5 Å². The Morgan fingerprint density at radius 1 is 1.32 bits per heavy atom. The highest BCUT2D eigenvalue weighted by Gasteiger charge is 2.43. The van der Waals surface area contributed by atoms with E-state index in [-0.39, 0.29) is 5.82 Å². The van der Waals surface area contributed by atoms with Gasteiger partial charge in [0.1, 0.15) is 5.82 Å². The molecule has 0 saturated carbocycles. The monoisotopic (exact) mass is 263 g/mol. The van der Waals surface area contributed by atoms with E-state index in [1.165, 1.54) is 25.3 Å². The zero-order valence-corrected chi connectivity index (χ0v) is 11.5. The minimum Gasteiger partial charge on any atom is -0.389 e. The van der Waals surface area contributed by atoms with Crippen LogP contribution in [-0.4, -0.2) is 34.7 Å². The summed E-state index contributed by atoms with van der Waals surface area (Å²) in [5, 5.41) is 10.9. The first kappa shape index (κ1) is 13.1. The molecule has 0 aliphatic carbocycles. The Balaban J connectivity index is 1.77. The molecule has 2 unspecified atom stereocenters. The molecule has 2 aliphatic heterocycles. The molecular formula is C16H22FNO. The number of halogens is 1. The van der Waals surface area contributed by atoms with Gasteiger partial charge in [0.25, 0.3) is 0 Å². The summed E-state index contributed by atoms with van der Waals surface area (Å²) in [6.45, 7) is 0. The van der Waals surface area contributed by atoms with Gasteiger partial charge in [0.2, 0.25) is 0 Å². The minimum absolute atomic E-state index is 0.214. The van der Waals surface area contributed by atoms with Crippen molar-refractivity contribution in [2.75, 3.05) is 7.05 Å². The Morgan fingerprint density at radius 2 is 2.00 bits per heavy atom. The van der Waals surface area contributed by atoms with E-state index in [2.05, 4.69) is 11.9 Å². The second-order valence-electron chi connectivity index (χ2n) is 6.34. The number of aliphatic hydroxyl groups is 1. The summed E-state index contributed by atoms with van der Waals surface area (Å²) < 4.78 is 13.2.